The Morgan fingerprint density at radius 1 is 1.24 bits per heavy atom. The Kier molecular flexibility index (Phi) is 2.40. The zero-order valence-corrected chi connectivity index (χ0v) is 10.8. The quantitative estimate of drug-likeness (QED) is 0.688. The third-order valence-corrected chi connectivity index (χ3v) is 4.04. The molecule has 0 aromatic carbocycles. The molecule has 0 amide bonds. The summed E-state index contributed by atoms with van der Waals surface area (Å²) in [4.78, 5) is 5.72. The largest absolute Gasteiger partial charge is 0.359 e. The van der Waals surface area contributed by atoms with Gasteiger partial charge in [-0.1, -0.05) is 49.9 Å². The number of nitrogens with zero attached hydrogens (tertiary/aromatic N) is 1. The van der Waals surface area contributed by atoms with Crippen LogP contribution in [0.2, 0.25) is 0 Å². The van der Waals surface area contributed by atoms with Crippen LogP contribution in [0.4, 0.5) is 0 Å². The number of aliphatic imine (C=N–C) groups is 1. The smallest absolute Gasteiger partial charge is 0.157 e. The average molecular weight is 245 g/mol. The molecule has 0 atom stereocenters. The predicted molar refractivity (Wildman–Crippen MR) is 73.3 cm³/mol. The van der Waals surface area contributed by atoms with E-state index in [2.05, 4.69) is 53.8 Å². The van der Waals surface area contributed by atoms with Gasteiger partial charge in [0.2, 0.25) is 0 Å². The zero-order valence-electron chi connectivity index (χ0n) is 9.95. The van der Waals surface area contributed by atoms with Crippen molar-refractivity contribution in [1.82, 2.24) is 10.6 Å². The Balaban J connectivity index is 1.99. The summed E-state index contributed by atoms with van der Waals surface area (Å²) in [5.41, 5.74) is 1.29. The van der Waals surface area contributed by atoms with Gasteiger partial charge >= 0.3 is 0 Å². The van der Waals surface area contributed by atoms with E-state index in [-0.39, 0.29) is 5.41 Å². The molecule has 0 aromatic heterocycles. The molecule has 0 unspecified atom stereocenters. The number of allylic oxidation sites excluding steroid dienone is 5. The molecule has 2 N–H and O–H groups in total. The molecule has 3 rings (SSSR count). The lowest BCUT2D eigenvalue weighted by Crippen LogP contribution is -2.14. The molecular formula is C13H15N3S. The minimum absolute atomic E-state index is 0.110. The maximum absolute atomic E-state index is 4.48. The van der Waals surface area contributed by atoms with Gasteiger partial charge in [0.25, 0.3) is 0 Å². The van der Waals surface area contributed by atoms with Crippen molar-refractivity contribution in [2.24, 2.45) is 10.4 Å². The first-order chi connectivity index (χ1) is 8.14. The molecule has 1 aliphatic carbocycles. The van der Waals surface area contributed by atoms with E-state index in [1.807, 2.05) is 6.21 Å². The van der Waals surface area contributed by atoms with Gasteiger partial charge in [-0.3, -0.25) is 0 Å². The van der Waals surface area contributed by atoms with Crippen molar-refractivity contribution in [2.45, 2.75) is 13.8 Å². The highest BCUT2D eigenvalue weighted by Gasteiger charge is 2.20. The van der Waals surface area contributed by atoms with Crippen LogP contribution < -0.4 is 10.6 Å². The van der Waals surface area contributed by atoms with Crippen molar-refractivity contribution < 1.29 is 0 Å². The van der Waals surface area contributed by atoms with Gasteiger partial charge in [0.1, 0.15) is 5.03 Å². The monoisotopic (exact) mass is 245 g/mol. The SMILES string of the molecule is CC1(C)C=CC2=C(C=C1)SC1=C(N=C2)NCN1. The van der Waals surface area contributed by atoms with Crippen LogP contribution in [0.3, 0.4) is 0 Å². The topological polar surface area (TPSA) is 36.4 Å². The minimum atomic E-state index is 0.110. The molecule has 2 heterocycles. The second-order valence-electron chi connectivity index (χ2n) is 4.88. The fraction of sp³-hybridized carbons (Fsp3) is 0.308. The molecule has 4 heteroatoms. The van der Waals surface area contributed by atoms with E-state index in [4.69, 9.17) is 0 Å². The molecule has 88 valence electrons. The van der Waals surface area contributed by atoms with Gasteiger partial charge in [-0.05, 0) is 0 Å². The number of nitrogens with one attached hydrogen (secondary N) is 2. The van der Waals surface area contributed by atoms with Crippen molar-refractivity contribution in [1.29, 1.82) is 0 Å². The number of hydrogen-bond acceptors (Lipinski definition) is 4. The van der Waals surface area contributed by atoms with Crippen molar-refractivity contribution >= 4 is 18.0 Å². The van der Waals surface area contributed by atoms with Crippen LogP contribution in [0.1, 0.15) is 13.8 Å². The molecule has 0 radical (unpaired) electrons. The first-order valence-corrected chi connectivity index (χ1v) is 6.52. The minimum Gasteiger partial charge on any atom is -0.359 e. The summed E-state index contributed by atoms with van der Waals surface area (Å²) in [5.74, 6) is 0.948. The lowest BCUT2D eigenvalue weighted by atomic mass is 9.93. The van der Waals surface area contributed by atoms with Crippen LogP contribution in [0.25, 0.3) is 0 Å². The summed E-state index contributed by atoms with van der Waals surface area (Å²) in [5, 5.41) is 7.63. The van der Waals surface area contributed by atoms with Crippen LogP contribution in [-0.2, 0) is 0 Å². The van der Waals surface area contributed by atoms with Gasteiger partial charge in [-0.2, -0.15) is 0 Å². The summed E-state index contributed by atoms with van der Waals surface area (Å²) >= 11 is 1.74. The zero-order chi connectivity index (χ0) is 11.9. The van der Waals surface area contributed by atoms with E-state index >= 15 is 0 Å². The number of hydrogen-bond donors (Lipinski definition) is 2. The normalized spacial score (nSPS) is 24.8. The summed E-state index contributed by atoms with van der Waals surface area (Å²) in [6.07, 6.45) is 10.7. The van der Waals surface area contributed by atoms with E-state index in [0.717, 1.165) is 17.5 Å². The van der Waals surface area contributed by atoms with Gasteiger partial charge in [-0.15, -0.1) is 0 Å². The first-order valence-electron chi connectivity index (χ1n) is 5.71. The van der Waals surface area contributed by atoms with Gasteiger partial charge in [-0.25, -0.2) is 4.99 Å². The van der Waals surface area contributed by atoms with E-state index in [9.17, 15) is 0 Å². The van der Waals surface area contributed by atoms with Crippen LogP contribution in [-0.4, -0.2) is 12.9 Å². The van der Waals surface area contributed by atoms with Crippen molar-refractivity contribution in [2.75, 3.05) is 6.67 Å². The Labute approximate surface area is 105 Å². The standard InChI is InChI=1S/C13H15N3S/c1-13(2)5-3-9-7-14-11-12(16-8-15-11)17-10(9)4-6-13/h3-7,15-16H,8H2,1-2H3. The third kappa shape index (κ3) is 2.05. The van der Waals surface area contributed by atoms with Crippen molar-refractivity contribution in [3.63, 3.8) is 0 Å². The van der Waals surface area contributed by atoms with Gasteiger partial charge < -0.3 is 10.6 Å². The first kappa shape index (κ1) is 10.7. The average Bonchev–Trinajstić information content (AvgIpc) is 2.58. The molecular weight excluding hydrogens is 230 g/mol. The second kappa shape index (κ2) is 3.81. The van der Waals surface area contributed by atoms with Crippen LogP contribution in [0.15, 0.2) is 50.6 Å². The molecule has 0 spiro atoms. The van der Waals surface area contributed by atoms with Crippen LogP contribution in [0, 0.1) is 5.41 Å². The molecule has 17 heavy (non-hydrogen) atoms. The second-order valence-corrected chi connectivity index (χ2v) is 5.93. The van der Waals surface area contributed by atoms with Crippen molar-refractivity contribution in [3.05, 3.63) is 45.6 Å². The summed E-state index contributed by atoms with van der Waals surface area (Å²) in [7, 11) is 0. The Morgan fingerprint density at radius 3 is 2.94 bits per heavy atom. The van der Waals surface area contributed by atoms with Crippen LogP contribution in [0.5, 0.6) is 0 Å². The van der Waals surface area contributed by atoms with Gasteiger partial charge in [0.15, 0.2) is 5.82 Å². The fourth-order valence-corrected chi connectivity index (χ4v) is 2.79. The number of thioether (sulfide) groups is 1. The molecule has 0 fully saturated rings. The van der Waals surface area contributed by atoms with Gasteiger partial charge in [0.05, 0.1) is 6.67 Å². The Bertz CT molecular complexity index is 507. The molecule has 3 aliphatic rings. The highest BCUT2D eigenvalue weighted by Crippen LogP contribution is 2.36. The summed E-state index contributed by atoms with van der Waals surface area (Å²) < 4.78 is 0. The predicted octanol–water partition coefficient (Wildman–Crippen LogP) is 2.49. The molecule has 0 saturated heterocycles. The molecule has 3 nitrogen and oxygen atoms in total. The highest BCUT2D eigenvalue weighted by molar-refractivity contribution is 8.06. The highest BCUT2D eigenvalue weighted by atomic mass is 32.2. The fourth-order valence-electron chi connectivity index (χ4n) is 1.83. The third-order valence-electron chi connectivity index (χ3n) is 2.91. The summed E-state index contributed by atoms with van der Waals surface area (Å²) in [6, 6.07) is 0. The number of rotatable bonds is 0. The maximum Gasteiger partial charge on any atom is 0.157 e. The Hall–Kier alpha value is -1.42. The van der Waals surface area contributed by atoms with E-state index in [1.54, 1.807) is 11.8 Å². The van der Waals surface area contributed by atoms with Gasteiger partial charge in [0, 0.05) is 22.1 Å². The molecule has 0 bridgehead atoms. The molecule has 0 saturated carbocycles. The van der Waals surface area contributed by atoms with Crippen molar-refractivity contribution in [3.8, 4) is 0 Å². The Morgan fingerprint density at radius 2 is 2.06 bits per heavy atom. The van der Waals surface area contributed by atoms with E-state index in [1.165, 1.54) is 10.5 Å². The molecule has 2 aliphatic heterocycles. The molecule has 0 aromatic rings. The maximum atomic E-state index is 4.48. The van der Waals surface area contributed by atoms with Crippen LogP contribution >= 0.6 is 11.8 Å². The summed E-state index contributed by atoms with van der Waals surface area (Å²) in [6.45, 7) is 5.17. The van der Waals surface area contributed by atoms with E-state index in [0.29, 0.717) is 0 Å². The van der Waals surface area contributed by atoms with E-state index < -0.39 is 0 Å². The lowest BCUT2D eigenvalue weighted by Gasteiger charge is -2.12. The lowest BCUT2D eigenvalue weighted by molar-refractivity contribution is 0.627.